The molecule has 94 valence electrons. The highest BCUT2D eigenvalue weighted by Gasteiger charge is 2.16. The van der Waals surface area contributed by atoms with Crippen LogP contribution in [0.25, 0.3) is 22.4 Å². The Balaban J connectivity index is 2.23. The fourth-order valence-electron chi connectivity index (χ4n) is 2.11. The number of nitrogens with zero attached hydrogens (tertiary/aromatic N) is 1. The van der Waals surface area contributed by atoms with Crippen LogP contribution in [0.3, 0.4) is 0 Å². The molecule has 0 saturated carbocycles. The van der Waals surface area contributed by atoms with E-state index >= 15 is 0 Å². The molecule has 1 heterocycles. The van der Waals surface area contributed by atoms with Gasteiger partial charge in [0.25, 0.3) is 0 Å². The van der Waals surface area contributed by atoms with Crippen LogP contribution < -0.4 is 5.73 Å². The minimum Gasteiger partial charge on any atom is -0.382 e. The second kappa shape index (κ2) is 4.90. The number of rotatable bonds is 2. The molecule has 2 aromatic carbocycles. The maximum atomic E-state index is 6.02. The van der Waals surface area contributed by atoms with E-state index in [1.165, 1.54) is 0 Å². The van der Waals surface area contributed by atoms with Crippen molar-refractivity contribution in [1.82, 2.24) is 10.2 Å². The second-order valence-electron chi connectivity index (χ2n) is 4.20. The summed E-state index contributed by atoms with van der Waals surface area (Å²) >= 11 is 3.56. The number of aromatic nitrogens is 2. The molecule has 3 nitrogen and oxygen atoms in total. The quantitative estimate of drug-likeness (QED) is 0.748. The van der Waals surface area contributed by atoms with Crippen molar-refractivity contribution >= 4 is 21.7 Å². The molecule has 3 aromatic rings. The van der Waals surface area contributed by atoms with Crippen molar-refractivity contribution in [2.45, 2.75) is 0 Å². The fraction of sp³-hybridized carbons (Fsp3) is 0. The van der Waals surface area contributed by atoms with E-state index < -0.39 is 0 Å². The highest BCUT2D eigenvalue weighted by Crippen LogP contribution is 2.38. The first kappa shape index (κ1) is 12.0. The highest BCUT2D eigenvalue weighted by atomic mass is 79.9. The fourth-order valence-corrected chi connectivity index (χ4v) is 2.59. The maximum Gasteiger partial charge on any atom is 0.153 e. The van der Waals surface area contributed by atoms with E-state index in [2.05, 4.69) is 26.1 Å². The first-order chi connectivity index (χ1) is 9.27. The predicted molar refractivity (Wildman–Crippen MR) is 81.6 cm³/mol. The first-order valence-electron chi connectivity index (χ1n) is 5.91. The van der Waals surface area contributed by atoms with Gasteiger partial charge in [0, 0.05) is 15.6 Å². The molecule has 0 aliphatic carbocycles. The number of benzene rings is 2. The van der Waals surface area contributed by atoms with Gasteiger partial charge in [0.1, 0.15) is 0 Å². The lowest BCUT2D eigenvalue weighted by molar-refractivity contribution is 1.10. The van der Waals surface area contributed by atoms with Crippen LogP contribution in [0.5, 0.6) is 0 Å². The number of H-pyrrole nitrogens is 1. The summed E-state index contributed by atoms with van der Waals surface area (Å²) < 4.78 is 1.00. The molecular weight excluding hydrogens is 302 g/mol. The number of halogens is 1. The third kappa shape index (κ3) is 2.15. The third-order valence-electron chi connectivity index (χ3n) is 3.00. The lowest BCUT2D eigenvalue weighted by atomic mass is 10.0. The average Bonchev–Trinajstić information content (AvgIpc) is 2.82. The first-order valence-corrected chi connectivity index (χ1v) is 6.71. The Labute approximate surface area is 119 Å². The van der Waals surface area contributed by atoms with Crippen LogP contribution in [0.4, 0.5) is 5.82 Å². The molecule has 0 unspecified atom stereocenters. The van der Waals surface area contributed by atoms with Crippen molar-refractivity contribution in [2.75, 3.05) is 5.73 Å². The van der Waals surface area contributed by atoms with E-state index in [1.54, 1.807) is 0 Å². The second-order valence-corrected chi connectivity index (χ2v) is 5.06. The maximum absolute atomic E-state index is 6.02. The Hall–Kier alpha value is -2.07. The standard InChI is InChI=1S/C15H12BrN3/c16-12-9-5-4-8-11(12)13-14(18-19-15(13)17)10-6-2-1-3-7-10/h1-9H,(H3,17,18,19). The van der Waals surface area contributed by atoms with Gasteiger partial charge in [-0.05, 0) is 6.07 Å². The summed E-state index contributed by atoms with van der Waals surface area (Å²) in [7, 11) is 0. The average molecular weight is 314 g/mol. The van der Waals surface area contributed by atoms with Gasteiger partial charge in [-0.25, -0.2) is 0 Å². The van der Waals surface area contributed by atoms with Crippen molar-refractivity contribution in [1.29, 1.82) is 0 Å². The van der Waals surface area contributed by atoms with Gasteiger partial charge in [0.05, 0.1) is 11.3 Å². The van der Waals surface area contributed by atoms with Gasteiger partial charge in [0.2, 0.25) is 0 Å². The molecular formula is C15H12BrN3. The summed E-state index contributed by atoms with van der Waals surface area (Å²) in [5.74, 6) is 0.505. The summed E-state index contributed by atoms with van der Waals surface area (Å²) in [5, 5.41) is 7.16. The monoisotopic (exact) mass is 313 g/mol. The summed E-state index contributed by atoms with van der Waals surface area (Å²) in [4.78, 5) is 0. The van der Waals surface area contributed by atoms with Gasteiger partial charge in [-0.2, -0.15) is 5.10 Å². The van der Waals surface area contributed by atoms with Crippen LogP contribution in [-0.2, 0) is 0 Å². The molecule has 4 heteroatoms. The Kier molecular flexibility index (Phi) is 3.09. The molecule has 0 atom stereocenters. The Morgan fingerprint density at radius 1 is 0.947 bits per heavy atom. The van der Waals surface area contributed by atoms with Crippen molar-refractivity contribution < 1.29 is 0 Å². The number of nitrogens with one attached hydrogen (secondary N) is 1. The SMILES string of the molecule is Nc1n[nH]c(-c2ccccc2)c1-c1ccccc1Br. The van der Waals surface area contributed by atoms with Gasteiger partial charge in [-0.3, -0.25) is 5.10 Å². The zero-order chi connectivity index (χ0) is 13.2. The van der Waals surface area contributed by atoms with E-state index in [0.717, 1.165) is 26.9 Å². The normalized spacial score (nSPS) is 10.6. The number of nitrogens with two attached hydrogens (primary N) is 1. The smallest absolute Gasteiger partial charge is 0.153 e. The van der Waals surface area contributed by atoms with Crippen LogP contribution in [0.15, 0.2) is 59.1 Å². The lowest BCUT2D eigenvalue weighted by Crippen LogP contribution is -1.89. The summed E-state index contributed by atoms with van der Waals surface area (Å²) in [6.45, 7) is 0. The van der Waals surface area contributed by atoms with Gasteiger partial charge in [-0.1, -0.05) is 64.5 Å². The predicted octanol–water partition coefficient (Wildman–Crippen LogP) is 4.09. The third-order valence-corrected chi connectivity index (χ3v) is 3.69. The van der Waals surface area contributed by atoms with Gasteiger partial charge < -0.3 is 5.73 Å². The zero-order valence-corrected chi connectivity index (χ0v) is 11.7. The van der Waals surface area contributed by atoms with Crippen LogP contribution in [0.1, 0.15) is 0 Å². The molecule has 19 heavy (non-hydrogen) atoms. The summed E-state index contributed by atoms with van der Waals surface area (Å²) in [6, 6.07) is 18.0. The molecule has 0 aliphatic heterocycles. The molecule has 0 bridgehead atoms. The number of anilines is 1. The Morgan fingerprint density at radius 3 is 2.37 bits per heavy atom. The van der Waals surface area contributed by atoms with E-state index in [9.17, 15) is 0 Å². The molecule has 3 N–H and O–H groups in total. The topological polar surface area (TPSA) is 54.7 Å². The van der Waals surface area contributed by atoms with Crippen molar-refractivity contribution in [3.05, 3.63) is 59.1 Å². The Bertz CT molecular complexity index is 704. The number of hydrogen-bond acceptors (Lipinski definition) is 2. The van der Waals surface area contributed by atoms with E-state index in [-0.39, 0.29) is 0 Å². The van der Waals surface area contributed by atoms with Gasteiger partial charge in [-0.15, -0.1) is 0 Å². The summed E-state index contributed by atoms with van der Waals surface area (Å²) in [6.07, 6.45) is 0. The minimum atomic E-state index is 0.505. The highest BCUT2D eigenvalue weighted by molar-refractivity contribution is 9.10. The lowest BCUT2D eigenvalue weighted by Gasteiger charge is -2.06. The van der Waals surface area contributed by atoms with E-state index in [1.807, 2.05) is 54.6 Å². The molecule has 0 spiro atoms. The largest absolute Gasteiger partial charge is 0.382 e. The molecule has 1 aromatic heterocycles. The molecule has 0 radical (unpaired) electrons. The van der Waals surface area contributed by atoms with Crippen LogP contribution in [0, 0.1) is 0 Å². The number of nitrogen functional groups attached to an aromatic ring is 1. The minimum absolute atomic E-state index is 0.505. The van der Waals surface area contributed by atoms with Crippen molar-refractivity contribution in [2.24, 2.45) is 0 Å². The van der Waals surface area contributed by atoms with E-state index in [4.69, 9.17) is 5.73 Å². The molecule has 0 aliphatic rings. The zero-order valence-electron chi connectivity index (χ0n) is 10.1. The van der Waals surface area contributed by atoms with E-state index in [0.29, 0.717) is 5.82 Å². The van der Waals surface area contributed by atoms with Gasteiger partial charge >= 0.3 is 0 Å². The summed E-state index contributed by atoms with van der Waals surface area (Å²) in [5.41, 5.74) is 9.98. The van der Waals surface area contributed by atoms with Crippen LogP contribution in [-0.4, -0.2) is 10.2 Å². The van der Waals surface area contributed by atoms with Crippen molar-refractivity contribution in [3.63, 3.8) is 0 Å². The molecule has 0 saturated heterocycles. The Morgan fingerprint density at radius 2 is 1.63 bits per heavy atom. The van der Waals surface area contributed by atoms with Crippen LogP contribution >= 0.6 is 15.9 Å². The number of hydrogen-bond donors (Lipinski definition) is 2. The molecule has 0 amide bonds. The molecule has 0 fully saturated rings. The van der Waals surface area contributed by atoms with Gasteiger partial charge in [0.15, 0.2) is 5.82 Å². The van der Waals surface area contributed by atoms with Crippen molar-refractivity contribution in [3.8, 4) is 22.4 Å². The number of aromatic amines is 1. The molecule has 3 rings (SSSR count). The van der Waals surface area contributed by atoms with Crippen LogP contribution in [0.2, 0.25) is 0 Å².